The highest BCUT2D eigenvalue weighted by atomic mass is 16.6. The number of rotatable bonds is 9. The van der Waals surface area contributed by atoms with Gasteiger partial charge in [0.05, 0.1) is 32.0 Å². The minimum absolute atomic E-state index is 0.372. The van der Waals surface area contributed by atoms with E-state index in [1.165, 1.54) is 11.1 Å². The van der Waals surface area contributed by atoms with E-state index in [1.807, 2.05) is 6.92 Å². The summed E-state index contributed by atoms with van der Waals surface area (Å²) in [6.45, 7) is 5.68. The van der Waals surface area contributed by atoms with Crippen molar-refractivity contribution in [2.45, 2.75) is 32.0 Å². The van der Waals surface area contributed by atoms with E-state index in [1.54, 1.807) is 0 Å². The van der Waals surface area contributed by atoms with E-state index in [2.05, 4.69) is 18.2 Å². The Kier molecular flexibility index (Phi) is 4.55. The van der Waals surface area contributed by atoms with Gasteiger partial charge < -0.3 is 18.9 Å². The van der Waals surface area contributed by atoms with Gasteiger partial charge in [0.1, 0.15) is 12.4 Å². The largest absolute Gasteiger partial charge is 0.491 e. The van der Waals surface area contributed by atoms with Crippen molar-refractivity contribution in [1.29, 1.82) is 0 Å². The second kappa shape index (κ2) is 6.57. The lowest BCUT2D eigenvalue weighted by Crippen LogP contribution is -2.11. The van der Waals surface area contributed by atoms with Crippen molar-refractivity contribution < 1.29 is 18.9 Å². The number of ether oxygens (including phenoxy) is 4. The first-order chi connectivity index (χ1) is 9.86. The quantitative estimate of drug-likeness (QED) is 0.512. The van der Waals surface area contributed by atoms with Crippen LogP contribution in [-0.2, 0) is 27.1 Å². The predicted molar refractivity (Wildman–Crippen MR) is 75.3 cm³/mol. The molecular weight excluding hydrogens is 256 g/mol. The summed E-state index contributed by atoms with van der Waals surface area (Å²) in [5.41, 5.74) is 2.48. The zero-order valence-electron chi connectivity index (χ0n) is 12.0. The molecular formula is C16H22O4. The van der Waals surface area contributed by atoms with Gasteiger partial charge in [-0.2, -0.15) is 0 Å². The summed E-state index contributed by atoms with van der Waals surface area (Å²) in [5, 5.41) is 0. The Hall–Kier alpha value is -1.10. The fourth-order valence-corrected chi connectivity index (χ4v) is 2.35. The smallest absolute Gasteiger partial charge is 0.125 e. The summed E-state index contributed by atoms with van der Waals surface area (Å²) in [7, 11) is 0. The Morgan fingerprint density at radius 2 is 1.65 bits per heavy atom. The zero-order valence-corrected chi connectivity index (χ0v) is 12.0. The van der Waals surface area contributed by atoms with Gasteiger partial charge in [-0.3, -0.25) is 0 Å². The molecule has 0 amide bonds. The summed E-state index contributed by atoms with van der Waals surface area (Å²) >= 11 is 0. The first-order valence-electron chi connectivity index (χ1n) is 7.41. The van der Waals surface area contributed by atoms with Gasteiger partial charge in [0.25, 0.3) is 0 Å². The molecule has 1 aromatic carbocycles. The second-order valence-electron chi connectivity index (χ2n) is 5.27. The minimum atomic E-state index is 0.372. The Balaban J connectivity index is 1.69. The molecule has 0 N–H and O–H groups in total. The molecule has 2 unspecified atom stereocenters. The van der Waals surface area contributed by atoms with Crippen LogP contribution in [0.15, 0.2) is 18.2 Å². The third-order valence-electron chi connectivity index (χ3n) is 3.56. The van der Waals surface area contributed by atoms with Crippen LogP contribution in [0.4, 0.5) is 0 Å². The standard InChI is InChI=1S/C16H22O4/c1-2-17-6-7-18-16-12(8-14-10-19-14)4-3-5-13(16)9-15-11-20-15/h3-5,14-15H,2,6-11H2,1H3. The van der Waals surface area contributed by atoms with E-state index >= 15 is 0 Å². The lowest BCUT2D eigenvalue weighted by Gasteiger charge is -2.15. The van der Waals surface area contributed by atoms with Gasteiger partial charge in [-0.1, -0.05) is 18.2 Å². The first kappa shape index (κ1) is 13.9. The highest BCUT2D eigenvalue weighted by Gasteiger charge is 2.27. The Morgan fingerprint density at radius 1 is 1.05 bits per heavy atom. The Morgan fingerprint density at radius 3 is 2.15 bits per heavy atom. The molecule has 2 aliphatic heterocycles. The molecule has 20 heavy (non-hydrogen) atoms. The van der Waals surface area contributed by atoms with Crippen LogP contribution in [0.25, 0.3) is 0 Å². The molecule has 1 aromatic rings. The van der Waals surface area contributed by atoms with Gasteiger partial charge in [-0.05, 0) is 18.1 Å². The predicted octanol–water partition coefficient (Wildman–Crippen LogP) is 1.98. The molecule has 3 rings (SSSR count). The molecule has 0 radical (unpaired) electrons. The molecule has 0 aromatic heterocycles. The summed E-state index contributed by atoms with van der Waals surface area (Å²) in [5.74, 6) is 1.01. The van der Waals surface area contributed by atoms with Crippen molar-refractivity contribution in [1.82, 2.24) is 0 Å². The van der Waals surface area contributed by atoms with E-state index < -0.39 is 0 Å². The van der Waals surface area contributed by atoms with Crippen LogP contribution < -0.4 is 4.74 Å². The molecule has 2 saturated heterocycles. The highest BCUT2D eigenvalue weighted by Crippen LogP contribution is 2.31. The van der Waals surface area contributed by atoms with Crippen LogP contribution >= 0.6 is 0 Å². The van der Waals surface area contributed by atoms with Crippen molar-refractivity contribution in [2.75, 3.05) is 33.0 Å². The van der Waals surface area contributed by atoms with Crippen LogP contribution in [0.3, 0.4) is 0 Å². The Labute approximate surface area is 120 Å². The number of benzene rings is 1. The van der Waals surface area contributed by atoms with Gasteiger partial charge in [-0.15, -0.1) is 0 Å². The minimum Gasteiger partial charge on any atom is -0.491 e. The maximum atomic E-state index is 5.99. The van der Waals surface area contributed by atoms with Crippen LogP contribution in [0.1, 0.15) is 18.1 Å². The maximum Gasteiger partial charge on any atom is 0.125 e. The third-order valence-corrected chi connectivity index (χ3v) is 3.56. The normalized spacial score (nSPS) is 23.6. The fourth-order valence-electron chi connectivity index (χ4n) is 2.35. The molecule has 2 aliphatic rings. The molecule has 0 spiro atoms. The van der Waals surface area contributed by atoms with Gasteiger partial charge >= 0.3 is 0 Å². The molecule has 0 bridgehead atoms. The maximum absolute atomic E-state index is 5.99. The van der Waals surface area contributed by atoms with Crippen molar-refractivity contribution >= 4 is 0 Å². The average Bonchev–Trinajstić information content (AvgIpc) is 3.33. The van der Waals surface area contributed by atoms with Gasteiger partial charge in [-0.25, -0.2) is 0 Å². The lowest BCUT2D eigenvalue weighted by atomic mass is 10.0. The number of hydrogen-bond acceptors (Lipinski definition) is 4. The Bertz CT molecular complexity index is 406. The van der Waals surface area contributed by atoms with E-state index in [-0.39, 0.29) is 0 Å². The topological polar surface area (TPSA) is 43.5 Å². The summed E-state index contributed by atoms with van der Waals surface area (Å²) < 4.78 is 22.0. The molecule has 2 fully saturated rings. The monoisotopic (exact) mass is 278 g/mol. The molecule has 2 heterocycles. The molecule has 0 saturated carbocycles. The zero-order chi connectivity index (χ0) is 13.8. The molecule has 0 aliphatic carbocycles. The summed E-state index contributed by atoms with van der Waals surface area (Å²) in [4.78, 5) is 0. The van der Waals surface area contributed by atoms with E-state index in [4.69, 9.17) is 18.9 Å². The SMILES string of the molecule is CCOCCOc1c(CC2CO2)cccc1CC1CO1. The fraction of sp³-hybridized carbons (Fsp3) is 0.625. The van der Waals surface area contributed by atoms with Gasteiger partial charge in [0.15, 0.2) is 0 Å². The van der Waals surface area contributed by atoms with Crippen molar-refractivity contribution in [3.63, 3.8) is 0 Å². The molecule has 4 heteroatoms. The first-order valence-corrected chi connectivity index (χ1v) is 7.41. The van der Waals surface area contributed by atoms with Crippen LogP contribution in [-0.4, -0.2) is 45.2 Å². The van der Waals surface area contributed by atoms with Crippen molar-refractivity contribution in [3.8, 4) is 5.75 Å². The third kappa shape index (κ3) is 3.95. The number of para-hydroxylation sites is 1. The van der Waals surface area contributed by atoms with Crippen LogP contribution in [0.2, 0.25) is 0 Å². The number of epoxide rings is 2. The van der Waals surface area contributed by atoms with E-state index in [9.17, 15) is 0 Å². The lowest BCUT2D eigenvalue weighted by molar-refractivity contribution is 0.109. The second-order valence-corrected chi connectivity index (χ2v) is 5.27. The van der Waals surface area contributed by atoms with Gasteiger partial charge in [0.2, 0.25) is 0 Å². The molecule has 2 atom stereocenters. The molecule has 4 nitrogen and oxygen atoms in total. The molecule has 110 valence electrons. The van der Waals surface area contributed by atoms with Crippen LogP contribution in [0, 0.1) is 0 Å². The van der Waals surface area contributed by atoms with Crippen LogP contribution in [0.5, 0.6) is 5.75 Å². The van der Waals surface area contributed by atoms with Crippen molar-refractivity contribution in [3.05, 3.63) is 29.3 Å². The van der Waals surface area contributed by atoms with Crippen molar-refractivity contribution in [2.24, 2.45) is 0 Å². The number of hydrogen-bond donors (Lipinski definition) is 0. The summed E-state index contributed by atoms with van der Waals surface area (Å²) in [6, 6.07) is 6.37. The van der Waals surface area contributed by atoms with E-state index in [0.717, 1.165) is 38.4 Å². The van der Waals surface area contributed by atoms with Gasteiger partial charge in [0, 0.05) is 19.4 Å². The van der Waals surface area contributed by atoms with E-state index in [0.29, 0.717) is 25.4 Å². The highest BCUT2D eigenvalue weighted by molar-refractivity contribution is 5.43. The average molecular weight is 278 g/mol. The summed E-state index contributed by atoms with van der Waals surface area (Å²) in [6.07, 6.45) is 2.61.